The summed E-state index contributed by atoms with van der Waals surface area (Å²) in [5, 5.41) is 9.46. The molecule has 1 aromatic carbocycles. The Morgan fingerprint density at radius 3 is 2.60 bits per heavy atom. The van der Waals surface area contributed by atoms with E-state index in [1.807, 2.05) is 0 Å². The Bertz CT molecular complexity index is 710. The number of carbonyl (C=O) groups excluding carboxylic acids is 1. The molecule has 5 nitrogen and oxygen atoms in total. The number of benzene rings is 1. The minimum absolute atomic E-state index is 0.112. The van der Waals surface area contributed by atoms with Crippen LogP contribution in [0.1, 0.15) is 38.3 Å². The summed E-state index contributed by atoms with van der Waals surface area (Å²) < 4.78 is 31.7. The van der Waals surface area contributed by atoms with Crippen molar-refractivity contribution in [2.45, 2.75) is 45.5 Å². The number of aliphatic carboxylic acids is 1. The van der Waals surface area contributed by atoms with Crippen LogP contribution in [-0.4, -0.2) is 40.3 Å². The van der Waals surface area contributed by atoms with E-state index in [4.69, 9.17) is 4.74 Å². The third-order valence-electron chi connectivity index (χ3n) is 3.76. The molecule has 1 aliphatic heterocycles. The molecule has 0 bridgehead atoms. The normalized spacial score (nSPS) is 17.9. The van der Waals surface area contributed by atoms with E-state index in [1.54, 1.807) is 20.8 Å². The largest absolute Gasteiger partial charge is 0.479 e. The van der Waals surface area contributed by atoms with E-state index in [1.165, 1.54) is 18.2 Å². The van der Waals surface area contributed by atoms with Gasteiger partial charge in [0.05, 0.1) is 0 Å². The number of hydrogen-bond donors (Lipinski definition) is 1. The average molecular weight is 353 g/mol. The highest BCUT2D eigenvalue weighted by Gasteiger charge is 2.34. The topological polar surface area (TPSA) is 66.8 Å². The summed E-state index contributed by atoms with van der Waals surface area (Å²) in [5.74, 6) is -1.77. The van der Waals surface area contributed by atoms with E-state index in [-0.39, 0.29) is 12.1 Å². The van der Waals surface area contributed by atoms with Crippen molar-refractivity contribution in [3.05, 3.63) is 41.2 Å². The second-order valence-electron chi connectivity index (χ2n) is 6.83. The molecular weight excluding hydrogens is 332 g/mol. The fourth-order valence-electron chi connectivity index (χ4n) is 2.68. The van der Waals surface area contributed by atoms with Gasteiger partial charge >= 0.3 is 12.1 Å². The summed E-state index contributed by atoms with van der Waals surface area (Å²) >= 11 is 0. The predicted molar refractivity (Wildman–Crippen MR) is 88.2 cm³/mol. The lowest BCUT2D eigenvalue weighted by Gasteiger charge is -2.34. The number of carbonyl (C=O) groups is 2. The van der Waals surface area contributed by atoms with Gasteiger partial charge in [-0.25, -0.2) is 18.4 Å². The van der Waals surface area contributed by atoms with Gasteiger partial charge in [0.15, 0.2) is 6.04 Å². The van der Waals surface area contributed by atoms with Gasteiger partial charge in [0.2, 0.25) is 0 Å². The molecule has 7 heteroatoms. The number of amides is 1. The fraction of sp³-hybridized carbons (Fsp3) is 0.444. The van der Waals surface area contributed by atoms with Crippen LogP contribution in [0, 0.1) is 5.82 Å². The minimum atomic E-state index is -1.23. The van der Waals surface area contributed by atoms with Gasteiger partial charge in [-0.2, -0.15) is 0 Å². The summed E-state index contributed by atoms with van der Waals surface area (Å²) in [6.07, 6.45) is 0.990. The molecule has 2 rings (SSSR count). The smallest absolute Gasteiger partial charge is 0.411 e. The lowest BCUT2D eigenvalue weighted by atomic mass is 9.92. The van der Waals surface area contributed by atoms with Crippen LogP contribution in [0.4, 0.5) is 13.6 Å². The maximum Gasteiger partial charge on any atom is 0.411 e. The standard InChI is InChI=1S/C18H21F2NO4/c1-18(2,3)25-17(24)21-7-6-11(9-15(21)16(22)23)14-5-4-13(20)8-12(14)10-19/h4-5,8-9,15H,6-7,10H2,1-3H3,(H,22,23). The molecule has 0 aromatic heterocycles. The molecule has 1 N–H and O–H groups in total. The fourth-order valence-corrected chi connectivity index (χ4v) is 2.68. The molecule has 0 saturated carbocycles. The number of nitrogens with zero attached hydrogens (tertiary/aromatic N) is 1. The number of halogens is 2. The van der Waals surface area contributed by atoms with Crippen molar-refractivity contribution in [2.75, 3.05) is 6.54 Å². The molecule has 0 aliphatic carbocycles. The maximum atomic E-state index is 13.3. The van der Waals surface area contributed by atoms with E-state index in [2.05, 4.69) is 0 Å². The van der Waals surface area contributed by atoms with Crippen molar-refractivity contribution in [1.29, 1.82) is 0 Å². The Morgan fingerprint density at radius 2 is 2.04 bits per heavy atom. The molecule has 1 atom stereocenters. The second kappa shape index (κ2) is 7.21. The first-order valence-electron chi connectivity index (χ1n) is 7.90. The van der Waals surface area contributed by atoms with Crippen molar-refractivity contribution in [3.8, 4) is 0 Å². The number of ether oxygens (including phenoxy) is 1. The molecule has 0 radical (unpaired) electrons. The van der Waals surface area contributed by atoms with Crippen LogP contribution in [0.5, 0.6) is 0 Å². The van der Waals surface area contributed by atoms with Crippen molar-refractivity contribution in [3.63, 3.8) is 0 Å². The molecule has 1 aliphatic rings. The van der Waals surface area contributed by atoms with Gasteiger partial charge < -0.3 is 9.84 Å². The van der Waals surface area contributed by atoms with E-state index in [0.29, 0.717) is 17.6 Å². The zero-order chi connectivity index (χ0) is 18.8. The first-order chi connectivity index (χ1) is 11.6. The number of carboxylic acid groups (broad SMARTS) is 1. The Hall–Kier alpha value is -2.44. The van der Waals surface area contributed by atoms with Gasteiger partial charge in [-0.15, -0.1) is 0 Å². The zero-order valence-electron chi connectivity index (χ0n) is 14.4. The van der Waals surface area contributed by atoms with Crippen molar-refractivity contribution < 1.29 is 28.2 Å². The summed E-state index contributed by atoms with van der Waals surface area (Å²) in [6, 6.07) is 2.49. The highest BCUT2D eigenvalue weighted by atomic mass is 19.1. The Balaban J connectivity index is 2.34. The maximum absolute atomic E-state index is 13.3. The van der Waals surface area contributed by atoms with E-state index in [0.717, 1.165) is 11.0 Å². The first-order valence-corrected chi connectivity index (χ1v) is 7.90. The molecule has 1 heterocycles. The van der Waals surface area contributed by atoms with Crippen molar-refractivity contribution in [1.82, 2.24) is 4.90 Å². The van der Waals surface area contributed by atoms with Gasteiger partial charge in [-0.05, 0) is 62.1 Å². The van der Waals surface area contributed by atoms with Gasteiger partial charge in [0, 0.05) is 6.54 Å². The quantitative estimate of drug-likeness (QED) is 0.898. The van der Waals surface area contributed by atoms with Crippen LogP contribution in [0.2, 0.25) is 0 Å². The summed E-state index contributed by atoms with van der Waals surface area (Å²) in [4.78, 5) is 25.0. The van der Waals surface area contributed by atoms with Gasteiger partial charge in [-0.1, -0.05) is 6.07 Å². The third-order valence-corrected chi connectivity index (χ3v) is 3.76. The summed E-state index contributed by atoms with van der Waals surface area (Å²) in [5.41, 5.74) is 0.433. The molecular formula is C18H21F2NO4. The Labute approximate surface area is 144 Å². The molecule has 0 spiro atoms. The van der Waals surface area contributed by atoms with E-state index in [9.17, 15) is 23.5 Å². The average Bonchev–Trinajstić information content (AvgIpc) is 2.52. The van der Waals surface area contributed by atoms with Crippen LogP contribution in [0.25, 0.3) is 5.57 Å². The number of hydrogen-bond acceptors (Lipinski definition) is 3. The lowest BCUT2D eigenvalue weighted by molar-refractivity contribution is -0.141. The SMILES string of the molecule is CC(C)(C)OC(=O)N1CCC(c2ccc(F)cc2CF)=CC1C(=O)O. The molecule has 136 valence electrons. The molecule has 1 amide bonds. The van der Waals surface area contributed by atoms with Crippen LogP contribution in [-0.2, 0) is 16.2 Å². The number of alkyl halides is 1. The predicted octanol–water partition coefficient (Wildman–Crippen LogP) is 3.77. The van der Waals surface area contributed by atoms with Crippen molar-refractivity contribution in [2.24, 2.45) is 0 Å². The third kappa shape index (κ3) is 4.55. The summed E-state index contributed by atoms with van der Waals surface area (Å²) in [7, 11) is 0. The minimum Gasteiger partial charge on any atom is -0.479 e. The van der Waals surface area contributed by atoms with Crippen LogP contribution in [0.3, 0.4) is 0 Å². The first kappa shape index (κ1) is 18.9. The highest BCUT2D eigenvalue weighted by Crippen LogP contribution is 2.30. The Kier molecular flexibility index (Phi) is 5.45. The van der Waals surface area contributed by atoms with Gasteiger partial charge in [0.1, 0.15) is 18.1 Å². The molecule has 0 saturated heterocycles. The molecule has 25 heavy (non-hydrogen) atoms. The van der Waals surface area contributed by atoms with E-state index >= 15 is 0 Å². The van der Waals surface area contributed by atoms with Gasteiger partial charge in [0.25, 0.3) is 0 Å². The van der Waals surface area contributed by atoms with Crippen LogP contribution < -0.4 is 0 Å². The Morgan fingerprint density at radius 1 is 1.36 bits per heavy atom. The second-order valence-corrected chi connectivity index (χ2v) is 6.83. The lowest BCUT2D eigenvalue weighted by Crippen LogP contribution is -2.48. The zero-order valence-corrected chi connectivity index (χ0v) is 14.4. The molecule has 1 unspecified atom stereocenters. The highest BCUT2D eigenvalue weighted by molar-refractivity contribution is 5.86. The molecule has 0 fully saturated rings. The number of carboxylic acids is 1. The summed E-state index contributed by atoms with van der Waals surface area (Å²) in [6.45, 7) is 4.33. The molecule has 1 aromatic rings. The van der Waals surface area contributed by atoms with Gasteiger partial charge in [-0.3, -0.25) is 4.90 Å². The van der Waals surface area contributed by atoms with E-state index < -0.39 is 36.2 Å². The number of rotatable bonds is 3. The van der Waals surface area contributed by atoms with Crippen LogP contribution in [0.15, 0.2) is 24.3 Å². The monoisotopic (exact) mass is 353 g/mol. The van der Waals surface area contributed by atoms with Crippen molar-refractivity contribution >= 4 is 17.6 Å². The van der Waals surface area contributed by atoms with Crippen LogP contribution >= 0.6 is 0 Å².